The van der Waals surface area contributed by atoms with Gasteiger partial charge < -0.3 is 5.11 Å². The lowest BCUT2D eigenvalue weighted by molar-refractivity contribution is -0.147. The van der Waals surface area contributed by atoms with Crippen LogP contribution in [0.25, 0.3) is 21.3 Å². The van der Waals surface area contributed by atoms with E-state index in [0.29, 0.717) is 10.2 Å². The first-order chi connectivity index (χ1) is 11.7. The van der Waals surface area contributed by atoms with Crippen LogP contribution in [0.2, 0.25) is 0 Å². The molecule has 130 valence electrons. The maximum absolute atomic E-state index is 13.0. The monoisotopic (exact) mass is 356 g/mol. The highest BCUT2D eigenvalue weighted by atomic mass is 32.1. The lowest BCUT2D eigenvalue weighted by atomic mass is 9.94. The fourth-order valence-electron chi connectivity index (χ4n) is 2.70. The van der Waals surface area contributed by atoms with E-state index in [9.17, 15) is 14.7 Å². The van der Waals surface area contributed by atoms with Crippen LogP contribution in [0, 0.1) is 19.3 Å². The second-order valence-corrected chi connectivity index (χ2v) is 7.85. The van der Waals surface area contributed by atoms with Crippen molar-refractivity contribution in [2.45, 2.75) is 34.2 Å². The van der Waals surface area contributed by atoms with Gasteiger partial charge in [0.1, 0.15) is 4.83 Å². The average molecular weight is 356 g/mol. The fraction of sp³-hybridized carbons (Fsp3) is 0.316. The molecule has 0 saturated carbocycles. The summed E-state index contributed by atoms with van der Waals surface area (Å²) in [5.74, 6) is -0.945. The molecule has 0 atom stereocenters. The molecule has 2 heterocycles. The number of carbonyl (C=O) groups is 1. The van der Waals surface area contributed by atoms with Gasteiger partial charge in [0.05, 0.1) is 17.1 Å². The first-order valence-corrected chi connectivity index (χ1v) is 8.86. The third-order valence-corrected chi connectivity index (χ3v) is 5.41. The molecule has 0 saturated heterocycles. The number of hydrogen-bond donors (Lipinski definition) is 1. The molecular formula is C19H20N2O3S. The van der Waals surface area contributed by atoms with Gasteiger partial charge >= 0.3 is 5.97 Å². The molecule has 5 nitrogen and oxygen atoms in total. The van der Waals surface area contributed by atoms with Crippen molar-refractivity contribution >= 4 is 27.5 Å². The van der Waals surface area contributed by atoms with Crippen molar-refractivity contribution in [3.63, 3.8) is 0 Å². The minimum absolute atomic E-state index is 0.0757. The van der Waals surface area contributed by atoms with Gasteiger partial charge in [-0.2, -0.15) is 0 Å². The number of carboxylic acid groups (broad SMARTS) is 1. The number of hydrogen-bond acceptors (Lipinski definition) is 4. The summed E-state index contributed by atoms with van der Waals surface area (Å²) in [4.78, 5) is 29.4. The minimum atomic E-state index is -1.05. The topological polar surface area (TPSA) is 72.2 Å². The third-order valence-electron chi connectivity index (χ3n) is 4.52. The van der Waals surface area contributed by atoms with Crippen LogP contribution in [0.15, 0.2) is 34.7 Å². The molecule has 0 spiro atoms. The third kappa shape index (κ3) is 3.09. The average Bonchev–Trinajstić information content (AvgIpc) is 2.97. The first-order valence-electron chi connectivity index (χ1n) is 7.98. The summed E-state index contributed by atoms with van der Waals surface area (Å²) in [6.07, 6.45) is 1.44. The predicted octanol–water partition coefficient (Wildman–Crippen LogP) is 3.85. The van der Waals surface area contributed by atoms with Crippen molar-refractivity contribution < 1.29 is 9.90 Å². The van der Waals surface area contributed by atoms with Gasteiger partial charge in [-0.3, -0.25) is 14.2 Å². The minimum Gasteiger partial charge on any atom is -0.481 e. The summed E-state index contributed by atoms with van der Waals surface area (Å²) in [7, 11) is 0. The van der Waals surface area contributed by atoms with Crippen LogP contribution in [0.4, 0.5) is 0 Å². The van der Waals surface area contributed by atoms with E-state index in [0.717, 1.165) is 16.7 Å². The molecule has 0 aliphatic heterocycles. The second-order valence-electron chi connectivity index (χ2n) is 7.00. The standard InChI is InChI=1S/C19H20N2O3S/c1-11-5-6-13(7-12(11)2)14-8-25-16-15(14)17(22)21(10-20-16)9-19(3,4)18(23)24/h5-8,10H,9H2,1-4H3,(H,23,24). The van der Waals surface area contributed by atoms with Crippen LogP contribution in [0.3, 0.4) is 0 Å². The summed E-state index contributed by atoms with van der Waals surface area (Å²) in [6.45, 7) is 7.37. The first kappa shape index (κ1) is 17.4. The van der Waals surface area contributed by atoms with Crippen molar-refractivity contribution in [3.05, 3.63) is 51.4 Å². The van der Waals surface area contributed by atoms with E-state index in [2.05, 4.69) is 11.1 Å². The lowest BCUT2D eigenvalue weighted by Crippen LogP contribution is -2.34. The van der Waals surface area contributed by atoms with Crippen LogP contribution in [0.5, 0.6) is 0 Å². The molecule has 2 aromatic heterocycles. The summed E-state index contributed by atoms with van der Waals surface area (Å²) >= 11 is 1.43. The molecule has 0 amide bonds. The molecule has 1 N–H and O–H groups in total. The molecule has 0 radical (unpaired) electrons. The Morgan fingerprint density at radius 1 is 1.28 bits per heavy atom. The highest BCUT2D eigenvalue weighted by Crippen LogP contribution is 2.32. The van der Waals surface area contributed by atoms with Gasteiger partial charge in [0.15, 0.2) is 0 Å². The van der Waals surface area contributed by atoms with Crippen molar-refractivity contribution in [2.24, 2.45) is 5.41 Å². The Morgan fingerprint density at radius 3 is 2.64 bits per heavy atom. The molecule has 3 rings (SSSR count). The SMILES string of the molecule is Cc1ccc(-c2csc3ncn(CC(C)(C)C(=O)O)c(=O)c23)cc1C. The highest BCUT2D eigenvalue weighted by Gasteiger charge is 2.28. The summed E-state index contributed by atoms with van der Waals surface area (Å²) in [5, 5.41) is 11.8. The second kappa shape index (κ2) is 6.11. The number of aromatic nitrogens is 2. The van der Waals surface area contributed by atoms with Crippen LogP contribution < -0.4 is 5.56 Å². The number of aliphatic carboxylic acids is 1. The molecule has 1 aromatic carbocycles. The molecule has 0 bridgehead atoms. The number of aryl methyl sites for hydroxylation is 2. The molecule has 0 aliphatic rings. The van der Waals surface area contributed by atoms with E-state index in [1.54, 1.807) is 13.8 Å². The van der Waals surface area contributed by atoms with E-state index in [-0.39, 0.29) is 12.1 Å². The number of rotatable bonds is 4. The van der Waals surface area contributed by atoms with Gasteiger partial charge in [-0.05, 0) is 44.4 Å². The molecular weight excluding hydrogens is 336 g/mol. The quantitative estimate of drug-likeness (QED) is 0.771. The van der Waals surface area contributed by atoms with E-state index in [4.69, 9.17) is 0 Å². The van der Waals surface area contributed by atoms with E-state index in [1.165, 1.54) is 27.8 Å². The van der Waals surface area contributed by atoms with Crippen LogP contribution in [0.1, 0.15) is 25.0 Å². The normalized spacial score (nSPS) is 11.8. The van der Waals surface area contributed by atoms with E-state index in [1.807, 2.05) is 31.4 Å². The van der Waals surface area contributed by atoms with Crippen LogP contribution >= 0.6 is 11.3 Å². The Kier molecular flexibility index (Phi) is 4.24. The number of carboxylic acids is 1. The van der Waals surface area contributed by atoms with E-state index < -0.39 is 11.4 Å². The zero-order valence-electron chi connectivity index (χ0n) is 14.7. The Bertz CT molecular complexity index is 1030. The van der Waals surface area contributed by atoms with Crippen LogP contribution in [-0.2, 0) is 11.3 Å². The summed E-state index contributed by atoms with van der Waals surface area (Å²) in [6, 6.07) is 6.10. The van der Waals surface area contributed by atoms with Crippen LogP contribution in [-0.4, -0.2) is 20.6 Å². The maximum Gasteiger partial charge on any atom is 0.310 e. The van der Waals surface area contributed by atoms with Gasteiger partial charge in [0.25, 0.3) is 5.56 Å². The number of fused-ring (bicyclic) bond motifs is 1. The molecule has 25 heavy (non-hydrogen) atoms. The smallest absolute Gasteiger partial charge is 0.310 e. The van der Waals surface area contributed by atoms with Gasteiger partial charge in [0.2, 0.25) is 0 Å². The van der Waals surface area contributed by atoms with Gasteiger partial charge in [-0.1, -0.05) is 18.2 Å². The molecule has 0 unspecified atom stereocenters. The van der Waals surface area contributed by atoms with Gasteiger partial charge in [-0.25, -0.2) is 4.98 Å². The molecule has 0 fully saturated rings. The largest absolute Gasteiger partial charge is 0.481 e. The Morgan fingerprint density at radius 2 is 2.00 bits per heavy atom. The zero-order valence-corrected chi connectivity index (χ0v) is 15.5. The number of nitrogens with zero attached hydrogens (tertiary/aromatic N) is 2. The van der Waals surface area contributed by atoms with E-state index >= 15 is 0 Å². The van der Waals surface area contributed by atoms with Crippen molar-refractivity contribution in [2.75, 3.05) is 0 Å². The van der Waals surface area contributed by atoms with Crippen molar-refractivity contribution in [1.82, 2.24) is 9.55 Å². The van der Waals surface area contributed by atoms with Gasteiger partial charge in [0, 0.05) is 17.5 Å². The maximum atomic E-state index is 13.0. The summed E-state index contributed by atoms with van der Waals surface area (Å²) < 4.78 is 1.40. The van der Waals surface area contributed by atoms with Gasteiger partial charge in [-0.15, -0.1) is 11.3 Å². The lowest BCUT2D eigenvalue weighted by Gasteiger charge is -2.20. The molecule has 0 aliphatic carbocycles. The Hall–Kier alpha value is -2.47. The fourth-order valence-corrected chi connectivity index (χ4v) is 3.60. The van der Waals surface area contributed by atoms with Crippen molar-refractivity contribution in [1.29, 1.82) is 0 Å². The summed E-state index contributed by atoms with van der Waals surface area (Å²) in [5.41, 5.74) is 2.94. The number of thiophene rings is 1. The predicted molar refractivity (Wildman–Crippen MR) is 100 cm³/mol. The zero-order chi connectivity index (χ0) is 18.4. The molecule has 3 aromatic rings. The Balaban J connectivity index is 2.17. The van der Waals surface area contributed by atoms with Crippen molar-refractivity contribution in [3.8, 4) is 11.1 Å². The number of benzene rings is 1. The molecule has 6 heteroatoms. The Labute approximate surface area is 149 Å². The highest BCUT2D eigenvalue weighted by molar-refractivity contribution is 7.17.